The summed E-state index contributed by atoms with van der Waals surface area (Å²) in [5, 5.41) is 13.5. The maximum Gasteiger partial charge on any atom is 0.305 e. The van der Waals surface area contributed by atoms with Gasteiger partial charge in [0.25, 0.3) is 5.91 Å². The number of rotatable bonds is 3. The molecule has 21 heavy (non-hydrogen) atoms. The van der Waals surface area contributed by atoms with Crippen LogP contribution in [-0.2, 0) is 0 Å². The minimum absolute atomic E-state index is 0.0272. The number of nitro benzene ring substituents is 1. The van der Waals surface area contributed by atoms with Gasteiger partial charge in [0.15, 0.2) is 0 Å². The monoisotopic (exact) mass is 308 g/mol. The number of halogens is 2. The molecule has 0 aromatic heterocycles. The van der Waals surface area contributed by atoms with Crippen molar-refractivity contribution in [2.45, 2.75) is 6.92 Å². The summed E-state index contributed by atoms with van der Waals surface area (Å²) in [5.41, 5.74) is 0.493. The molecule has 0 unspecified atom stereocenters. The summed E-state index contributed by atoms with van der Waals surface area (Å²) in [6.07, 6.45) is 0. The van der Waals surface area contributed by atoms with Crippen molar-refractivity contribution in [1.82, 2.24) is 0 Å². The van der Waals surface area contributed by atoms with Gasteiger partial charge in [0, 0.05) is 11.6 Å². The van der Waals surface area contributed by atoms with Crippen LogP contribution in [0.25, 0.3) is 0 Å². The van der Waals surface area contributed by atoms with Crippen LogP contribution in [0.2, 0.25) is 5.02 Å². The molecule has 0 radical (unpaired) electrons. The Balaban J connectivity index is 2.30. The molecule has 0 aliphatic rings. The summed E-state index contributed by atoms with van der Waals surface area (Å²) in [4.78, 5) is 21.8. The first-order chi connectivity index (χ1) is 9.88. The molecule has 108 valence electrons. The van der Waals surface area contributed by atoms with Gasteiger partial charge in [-0.05, 0) is 36.8 Å². The van der Waals surface area contributed by atoms with Crippen molar-refractivity contribution in [1.29, 1.82) is 0 Å². The minimum Gasteiger partial charge on any atom is -0.321 e. The standard InChI is InChI=1S/C14H10ClFN2O3/c1-8-2-4-10(15)12(6-8)17-14(19)9-3-5-11(16)13(7-9)18(20)21/h2-7H,1H3,(H,17,19). The quantitative estimate of drug-likeness (QED) is 0.689. The summed E-state index contributed by atoms with van der Waals surface area (Å²) in [6, 6.07) is 8.00. The van der Waals surface area contributed by atoms with Crippen LogP contribution in [0, 0.1) is 22.9 Å². The fraction of sp³-hybridized carbons (Fsp3) is 0.0714. The van der Waals surface area contributed by atoms with E-state index in [9.17, 15) is 19.3 Å². The molecular weight excluding hydrogens is 299 g/mol. The number of aryl methyl sites for hydroxylation is 1. The van der Waals surface area contributed by atoms with Gasteiger partial charge in [0.1, 0.15) is 0 Å². The summed E-state index contributed by atoms with van der Waals surface area (Å²) in [5.74, 6) is -1.60. The zero-order valence-electron chi connectivity index (χ0n) is 10.9. The largest absolute Gasteiger partial charge is 0.321 e. The normalized spacial score (nSPS) is 10.2. The highest BCUT2D eigenvalue weighted by atomic mass is 35.5. The second-order valence-corrected chi connectivity index (χ2v) is 4.77. The smallest absolute Gasteiger partial charge is 0.305 e. The molecule has 0 aliphatic heterocycles. The second kappa shape index (κ2) is 5.88. The SMILES string of the molecule is Cc1ccc(Cl)c(NC(=O)c2ccc(F)c([N+](=O)[O-])c2)c1. The molecule has 0 saturated heterocycles. The first-order valence-electron chi connectivity index (χ1n) is 5.90. The summed E-state index contributed by atoms with van der Waals surface area (Å²) in [6.45, 7) is 1.83. The number of carbonyl (C=O) groups excluding carboxylic acids is 1. The minimum atomic E-state index is -0.995. The van der Waals surface area contributed by atoms with Crippen molar-refractivity contribution in [3.8, 4) is 0 Å². The zero-order valence-corrected chi connectivity index (χ0v) is 11.6. The van der Waals surface area contributed by atoms with E-state index in [1.807, 2.05) is 6.92 Å². The molecule has 7 heteroatoms. The molecule has 2 rings (SSSR count). The van der Waals surface area contributed by atoms with Crippen molar-refractivity contribution in [2.75, 3.05) is 5.32 Å². The Morgan fingerprint density at radius 1 is 1.29 bits per heavy atom. The third-order valence-electron chi connectivity index (χ3n) is 2.78. The van der Waals surface area contributed by atoms with Gasteiger partial charge in [0.2, 0.25) is 5.82 Å². The maximum atomic E-state index is 13.2. The van der Waals surface area contributed by atoms with E-state index >= 15 is 0 Å². The third-order valence-corrected chi connectivity index (χ3v) is 3.10. The average Bonchev–Trinajstić information content (AvgIpc) is 2.43. The highest BCUT2D eigenvalue weighted by molar-refractivity contribution is 6.34. The molecule has 0 fully saturated rings. The van der Waals surface area contributed by atoms with Crippen LogP contribution in [0.4, 0.5) is 15.8 Å². The van der Waals surface area contributed by atoms with Crippen molar-refractivity contribution in [2.24, 2.45) is 0 Å². The lowest BCUT2D eigenvalue weighted by Gasteiger charge is -2.08. The van der Waals surface area contributed by atoms with Crippen LogP contribution in [0.5, 0.6) is 0 Å². The van der Waals surface area contributed by atoms with Crippen molar-refractivity contribution < 1.29 is 14.1 Å². The van der Waals surface area contributed by atoms with Gasteiger partial charge in [-0.3, -0.25) is 14.9 Å². The van der Waals surface area contributed by atoms with Gasteiger partial charge >= 0.3 is 5.69 Å². The summed E-state index contributed by atoms with van der Waals surface area (Å²) < 4.78 is 13.2. The van der Waals surface area contributed by atoms with Gasteiger partial charge < -0.3 is 5.32 Å². The van der Waals surface area contributed by atoms with E-state index in [0.29, 0.717) is 10.7 Å². The number of amides is 1. The van der Waals surface area contributed by atoms with E-state index in [1.165, 1.54) is 6.07 Å². The first-order valence-corrected chi connectivity index (χ1v) is 6.27. The predicted octanol–water partition coefficient (Wildman–Crippen LogP) is 3.95. The van der Waals surface area contributed by atoms with Crippen LogP contribution in [0.1, 0.15) is 15.9 Å². The van der Waals surface area contributed by atoms with Crippen molar-refractivity contribution in [3.05, 3.63) is 68.5 Å². The van der Waals surface area contributed by atoms with Gasteiger partial charge in [0.05, 0.1) is 15.6 Å². The Morgan fingerprint density at radius 2 is 2.00 bits per heavy atom. The van der Waals surface area contributed by atoms with Crippen LogP contribution in [0.15, 0.2) is 36.4 Å². The third kappa shape index (κ3) is 3.35. The molecule has 0 spiro atoms. The molecular formula is C14H10ClFN2O3. The molecule has 0 heterocycles. The Bertz CT molecular complexity index is 734. The van der Waals surface area contributed by atoms with Crippen molar-refractivity contribution >= 4 is 28.9 Å². The van der Waals surface area contributed by atoms with E-state index in [0.717, 1.165) is 17.7 Å². The van der Waals surface area contributed by atoms with Gasteiger partial charge in [-0.15, -0.1) is 0 Å². The fourth-order valence-electron chi connectivity index (χ4n) is 1.72. The van der Waals surface area contributed by atoms with E-state index in [2.05, 4.69) is 5.32 Å². The Labute approximate surface area is 124 Å². The van der Waals surface area contributed by atoms with Crippen LogP contribution in [-0.4, -0.2) is 10.8 Å². The molecule has 0 aliphatic carbocycles. The number of nitro groups is 1. The van der Waals surface area contributed by atoms with Crippen LogP contribution >= 0.6 is 11.6 Å². The number of carbonyl (C=O) groups is 1. The average molecular weight is 309 g/mol. The lowest BCUT2D eigenvalue weighted by molar-refractivity contribution is -0.387. The van der Waals surface area contributed by atoms with E-state index in [-0.39, 0.29) is 5.56 Å². The first kappa shape index (κ1) is 14.9. The van der Waals surface area contributed by atoms with Crippen LogP contribution < -0.4 is 5.32 Å². The molecule has 0 atom stereocenters. The number of benzene rings is 2. The zero-order chi connectivity index (χ0) is 15.6. The number of nitrogens with zero attached hydrogens (tertiary/aromatic N) is 1. The highest BCUT2D eigenvalue weighted by Gasteiger charge is 2.18. The number of hydrogen-bond acceptors (Lipinski definition) is 3. The topological polar surface area (TPSA) is 72.2 Å². The van der Waals surface area contributed by atoms with Crippen LogP contribution in [0.3, 0.4) is 0 Å². The van der Waals surface area contributed by atoms with Gasteiger partial charge in [-0.1, -0.05) is 17.7 Å². The fourth-order valence-corrected chi connectivity index (χ4v) is 1.89. The Morgan fingerprint density at radius 3 is 2.67 bits per heavy atom. The van der Waals surface area contributed by atoms with Gasteiger partial charge in [-0.25, -0.2) is 0 Å². The number of anilines is 1. The predicted molar refractivity (Wildman–Crippen MR) is 77.2 cm³/mol. The lowest BCUT2D eigenvalue weighted by Crippen LogP contribution is -2.13. The highest BCUT2D eigenvalue weighted by Crippen LogP contribution is 2.24. The molecule has 5 nitrogen and oxygen atoms in total. The van der Waals surface area contributed by atoms with Gasteiger partial charge in [-0.2, -0.15) is 4.39 Å². The molecule has 2 aromatic rings. The van der Waals surface area contributed by atoms with E-state index in [4.69, 9.17) is 11.6 Å². The molecule has 2 aromatic carbocycles. The number of nitrogens with one attached hydrogen (secondary N) is 1. The molecule has 0 bridgehead atoms. The number of hydrogen-bond donors (Lipinski definition) is 1. The lowest BCUT2D eigenvalue weighted by atomic mass is 10.1. The maximum absolute atomic E-state index is 13.2. The Kier molecular flexibility index (Phi) is 4.18. The Hall–Kier alpha value is -2.47. The van der Waals surface area contributed by atoms with E-state index in [1.54, 1.807) is 18.2 Å². The molecule has 1 amide bonds. The second-order valence-electron chi connectivity index (χ2n) is 4.36. The molecule has 1 N–H and O–H groups in total. The summed E-state index contributed by atoms with van der Waals surface area (Å²) in [7, 11) is 0. The van der Waals surface area contributed by atoms with E-state index < -0.39 is 22.3 Å². The summed E-state index contributed by atoms with van der Waals surface area (Å²) >= 11 is 5.95. The van der Waals surface area contributed by atoms with Crippen molar-refractivity contribution in [3.63, 3.8) is 0 Å². The molecule has 0 saturated carbocycles.